The monoisotopic (exact) mass is 380 g/mol. The van der Waals surface area contributed by atoms with Crippen molar-refractivity contribution in [2.24, 2.45) is 11.5 Å². The van der Waals surface area contributed by atoms with Crippen molar-refractivity contribution < 1.29 is 43.8 Å². The van der Waals surface area contributed by atoms with Crippen LogP contribution in [0.5, 0.6) is 0 Å². The molecule has 0 aliphatic carbocycles. The van der Waals surface area contributed by atoms with Gasteiger partial charge in [0.15, 0.2) is 6.29 Å². The molecule has 7 N–H and O–H groups in total. The van der Waals surface area contributed by atoms with Gasteiger partial charge in [-0.05, 0) is 6.42 Å². The molecule has 2 fully saturated rings. The van der Waals surface area contributed by atoms with Crippen molar-refractivity contribution in [2.45, 2.75) is 68.5 Å². The predicted octanol–water partition coefficient (Wildman–Crippen LogP) is -3.21. The molecule has 2 rings (SSSR count). The maximum absolute atomic E-state index is 11.3. The molecule has 2 saturated heterocycles. The van der Waals surface area contributed by atoms with Gasteiger partial charge in [-0.3, -0.25) is 0 Å². The van der Waals surface area contributed by atoms with Gasteiger partial charge in [0.05, 0.1) is 25.9 Å². The summed E-state index contributed by atoms with van der Waals surface area (Å²) in [7, 11) is 1.20. The number of nitrogens with two attached hydrogens (primary N) is 2. The van der Waals surface area contributed by atoms with Gasteiger partial charge in [0.2, 0.25) is 0 Å². The van der Waals surface area contributed by atoms with Crippen LogP contribution in [0.4, 0.5) is 0 Å². The van der Waals surface area contributed by atoms with Crippen molar-refractivity contribution >= 4 is 5.97 Å². The number of carbonyl (C=O) groups is 1. The molecule has 0 amide bonds. The minimum absolute atomic E-state index is 0.441. The van der Waals surface area contributed by atoms with Crippen LogP contribution in [-0.2, 0) is 28.5 Å². The van der Waals surface area contributed by atoms with Crippen LogP contribution in [0.3, 0.4) is 0 Å². The molecule has 0 spiro atoms. The average Bonchev–Trinajstić information content (AvgIpc) is 2.90. The van der Waals surface area contributed by atoms with Gasteiger partial charge in [-0.15, -0.1) is 0 Å². The van der Waals surface area contributed by atoms with Crippen LogP contribution in [0.25, 0.3) is 0 Å². The van der Waals surface area contributed by atoms with E-state index in [0.29, 0.717) is 6.42 Å². The first-order valence-electron chi connectivity index (χ1n) is 8.46. The Bertz CT molecular complexity index is 468. The van der Waals surface area contributed by atoms with Crippen LogP contribution in [0.15, 0.2) is 0 Å². The van der Waals surface area contributed by atoms with Crippen LogP contribution in [0.2, 0.25) is 0 Å². The highest BCUT2D eigenvalue weighted by Crippen LogP contribution is 2.29. The average molecular weight is 380 g/mol. The zero-order valence-electron chi connectivity index (χ0n) is 14.8. The third-order valence-corrected chi connectivity index (χ3v) is 4.59. The number of esters is 1. The van der Waals surface area contributed by atoms with E-state index in [1.165, 1.54) is 7.11 Å². The lowest BCUT2D eigenvalue weighted by atomic mass is 9.97. The quantitative estimate of drug-likeness (QED) is 0.281. The van der Waals surface area contributed by atoms with E-state index in [2.05, 4.69) is 4.74 Å². The first-order chi connectivity index (χ1) is 12.3. The van der Waals surface area contributed by atoms with E-state index in [-0.39, 0.29) is 0 Å². The van der Waals surface area contributed by atoms with Gasteiger partial charge < -0.3 is 50.5 Å². The van der Waals surface area contributed by atoms with Gasteiger partial charge in [0, 0.05) is 0 Å². The lowest BCUT2D eigenvalue weighted by Crippen LogP contribution is -2.64. The number of hydrogen-bond acceptors (Lipinski definition) is 11. The van der Waals surface area contributed by atoms with E-state index in [1.54, 1.807) is 0 Å². The Morgan fingerprint density at radius 3 is 2.31 bits per heavy atom. The fraction of sp³-hybridized carbons (Fsp3) is 0.933. The lowest BCUT2D eigenvalue weighted by molar-refractivity contribution is -0.291. The Labute approximate surface area is 151 Å². The van der Waals surface area contributed by atoms with E-state index >= 15 is 0 Å². The van der Waals surface area contributed by atoms with Crippen molar-refractivity contribution in [3.05, 3.63) is 0 Å². The van der Waals surface area contributed by atoms with Gasteiger partial charge in [-0.2, -0.15) is 0 Å². The number of methoxy groups -OCH3 is 1. The zero-order valence-corrected chi connectivity index (χ0v) is 14.8. The number of ether oxygens (including phenoxy) is 5. The molecular weight excluding hydrogens is 352 g/mol. The fourth-order valence-electron chi connectivity index (χ4n) is 3.06. The second-order valence-electron chi connectivity index (χ2n) is 6.28. The van der Waals surface area contributed by atoms with Gasteiger partial charge >= 0.3 is 5.97 Å². The maximum Gasteiger partial charge on any atom is 0.331 e. The molecule has 9 atom stereocenters. The Morgan fingerprint density at radius 1 is 1.12 bits per heavy atom. The Kier molecular flexibility index (Phi) is 7.70. The number of carbonyl (C=O) groups excluding carboxylic acids is 1. The first kappa shape index (κ1) is 21.4. The topological polar surface area (TPSA) is 176 Å². The molecule has 5 unspecified atom stereocenters. The van der Waals surface area contributed by atoms with Crippen LogP contribution in [-0.4, -0.2) is 96.8 Å². The van der Waals surface area contributed by atoms with Gasteiger partial charge in [0.1, 0.15) is 43.4 Å². The number of hydrogen-bond donors (Lipinski definition) is 5. The molecule has 0 radical (unpaired) electrons. The summed E-state index contributed by atoms with van der Waals surface area (Å²) in [5.74, 6) is -0.652. The largest absolute Gasteiger partial charge is 0.467 e. The smallest absolute Gasteiger partial charge is 0.331 e. The van der Waals surface area contributed by atoms with Crippen molar-refractivity contribution in [3.8, 4) is 0 Å². The van der Waals surface area contributed by atoms with Crippen LogP contribution in [0.1, 0.15) is 13.3 Å². The highest BCUT2D eigenvalue weighted by atomic mass is 16.7. The maximum atomic E-state index is 11.3. The van der Waals surface area contributed by atoms with E-state index in [9.17, 15) is 20.1 Å². The highest BCUT2D eigenvalue weighted by Gasteiger charge is 2.49. The summed E-state index contributed by atoms with van der Waals surface area (Å²) in [6.07, 6.45) is -7.30. The van der Waals surface area contributed by atoms with E-state index in [4.69, 9.17) is 30.4 Å². The fourth-order valence-corrected chi connectivity index (χ4v) is 3.06. The minimum atomic E-state index is -1.29. The molecule has 0 saturated carbocycles. The second-order valence-corrected chi connectivity index (χ2v) is 6.28. The predicted molar refractivity (Wildman–Crippen MR) is 85.5 cm³/mol. The standard InChI is InChI=1S/C15H28N2O9/c1-3-6-10(20)13(14(17)24-6)26-15-9(16)12(23-5-8(19)22-2)11(21)7(4-18)25-15/h6-7,9-15,18,20-21H,3-5,16-17H2,1-2H3/t6-,7?,9?,10?,11-,12-,13-,14?,15?/m1/s1. The summed E-state index contributed by atoms with van der Waals surface area (Å²) in [5.41, 5.74) is 11.9. The zero-order chi connectivity index (χ0) is 19.4. The molecule has 2 aliphatic heterocycles. The van der Waals surface area contributed by atoms with Gasteiger partial charge in [-0.25, -0.2) is 4.79 Å². The lowest BCUT2D eigenvalue weighted by Gasteiger charge is -2.43. The molecule has 0 aromatic carbocycles. The molecule has 0 aromatic heterocycles. The van der Waals surface area contributed by atoms with E-state index in [1.807, 2.05) is 6.92 Å². The number of aliphatic hydroxyl groups is 3. The normalized spacial score (nSPS) is 43.4. The van der Waals surface area contributed by atoms with E-state index in [0.717, 1.165) is 0 Å². The Balaban J connectivity index is 2.08. The summed E-state index contributed by atoms with van der Waals surface area (Å²) in [4.78, 5) is 11.3. The SMILES string of the molecule is CC[C@H]1OC(N)[C@H](OC2OC(CO)[C@@H](O)[C@H](OCC(=O)OC)C2N)C1O. The summed E-state index contributed by atoms with van der Waals surface area (Å²) in [6.45, 7) is 0.864. The Hall–Kier alpha value is -0.890. The van der Waals surface area contributed by atoms with Crippen LogP contribution in [0, 0.1) is 0 Å². The van der Waals surface area contributed by atoms with Gasteiger partial charge in [-0.1, -0.05) is 6.92 Å². The molecule has 152 valence electrons. The molecule has 26 heavy (non-hydrogen) atoms. The molecule has 0 aromatic rings. The Morgan fingerprint density at radius 2 is 1.77 bits per heavy atom. The summed E-state index contributed by atoms with van der Waals surface area (Å²) < 4.78 is 26.4. The van der Waals surface area contributed by atoms with Crippen molar-refractivity contribution in [2.75, 3.05) is 20.3 Å². The second kappa shape index (κ2) is 9.35. The number of rotatable bonds is 7. The summed E-state index contributed by atoms with van der Waals surface area (Å²) in [5, 5.41) is 29.9. The van der Waals surface area contributed by atoms with Crippen molar-refractivity contribution in [1.29, 1.82) is 0 Å². The minimum Gasteiger partial charge on any atom is -0.467 e. The van der Waals surface area contributed by atoms with Crippen LogP contribution < -0.4 is 11.5 Å². The number of aliphatic hydroxyl groups excluding tert-OH is 3. The summed E-state index contributed by atoms with van der Waals surface area (Å²) in [6, 6.07) is -1.02. The first-order valence-corrected chi connectivity index (χ1v) is 8.46. The van der Waals surface area contributed by atoms with Crippen molar-refractivity contribution in [3.63, 3.8) is 0 Å². The summed E-state index contributed by atoms with van der Waals surface area (Å²) >= 11 is 0. The third-order valence-electron chi connectivity index (χ3n) is 4.59. The van der Waals surface area contributed by atoms with Crippen molar-refractivity contribution in [1.82, 2.24) is 0 Å². The highest BCUT2D eigenvalue weighted by molar-refractivity contribution is 5.70. The molecule has 0 bridgehead atoms. The molecule has 2 heterocycles. The molecule has 11 heteroatoms. The van der Waals surface area contributed by atoms with Crippen LogP contribution >= 0.6 is 0 Å². The molecule has 2 aliphatic rings. The molecule has 11 nitrogen and oxygen atoms in total. The van der Waals surface area contributed by atoms with Gasteiger partial charge in [0.25, 0.3) is 0 Å². The molecular formula is C15H28N2O9. The van der Waals surface area contributed by atoms with E-state index < -0.39 is 74.4 Å². The third kappa shape index (κ3) is 4.50.